The van der Waals surface area contributed by atoms with E-state index < -0.39 is 22.9 Å². The highest BCUT2D eigenvalue weighted by atomic mass is 16.5. The largest absolute Gasteiger partial charge is 0.511 e. The van der Waals surface area contributed by atoms with Crippen LogP contribution in [0.4, 0.5) is 0 Å². The number of ether oxygens (including phenoxy) is 1. The number of allylic oxidation sites excluding steroid dienone is 5. The van der Waals surface area contributed by atoms with Crippen LogP contribution in [0.25, 0.3) is 0 Å². The third kappa shape index (κ3) is 3.88. The summed E-state index contributed by atoms with van der Waals surface area (Å²) in [7, 11) is 0. The first-order valence-corrected chi connectivity index (χ1v) is 9.59. The Morgan fingerprint density at radius 2 is 1.96 bits per heavy atom. The van der Waals surface area contributed by atoms with Gasteiger partial charge in [-0.15, -0.1) is 0 Å². The van der Waals surface area contributed by atoms with Crippen molar-refractivity contribution in [2.24, 2.45) is 11.3 Å². The standard InChI is InChI=1S/C22H32O5/c1-12(2)9-8-10-22(7,26)15-11-14-18(27-15)16(17(23)13(3)4)20(25)21(5,6)19(14)24/h9,13,15,24,26H,8,10-11H2,1-7H3/t15-,22+/m0/s1. The molecule has 27 heavy (non-hydrogen) atoms. The molecule has 2 atom stereocenters. The van der Waals surface area contributed by atoms with E-state index in [1.807, 2.05) is 19.9 Å². The molecule has 0 aromatic heterocycles. The Balaban J connectivity index is 2.45. The summed E-state index contributed by atoms with van der Waals surface area (Å²) in [6, 6.07) is 0. The highest BCUT2D eigenvalue weighted by Crippen LogP contribution is 2.48. The molecule has 150 valence electrons. The summed E-state index contributed by atoms with van der Waals surface area (Å²) >= 11 is 0. The van der Waals surface area contributed by atoms with Crippen molar-refractivity contribution in [1.29, 1.82) is 0 Å². The van der Waals surface area contributed by atoms with Gasteiger partial charge in [-0.1, -0.05) is 25.5 Å². The molecule has 1 fully saturated rings. The van der Waals surface area contributed by atoms with E-state index in [2.05, 4.69) is 0 Å². The molecule has 1 heterocycles. The maximum atomic E-state index is 12.9. The van der Waals surface area contributed by atoms with Gasteiger partial charge in [0.2, 0.25) is 0 Å². The van der Waals surface area contributed by atoms with Gasteiger partial charge in [0, 0.05) is 17.9 Å². The molecule has 0 bridgehead atoms. The summed E-state index contributed by atoms with van der Waals surface area (Å²) in [5.41, 5.74) is -0.665. The first kappa shape index (κ1) is 21.4. The summed E-state index contributed by atoms with van der Waals surface area (Å²) < 4.78 is 5.96. The van der Waals surface area contributed by atoms with Crippen LogP contribution in [0.3, 0.4) is 0 Å². The lowest BCUT2D eigenvalue weighted by molar-refractivity contribution is -0.128. The zero-order valence-corrected chi connectivity index (χ0v) is 17.5. The Labute approximate surface area is 161 Å². The van der Waals surface area contributed by atoms with Gasteiger partial charge in [0.05, 0.1) is 11.0 Å². The molecular weight excluding hydrogens is 344 g/mol. The normalized spacial score (nSPS) is 23.9. The lowest BCUT2D eigenvalue weighted by Crippen LogP contribution is -2.38. The number of aliphatic hydroxyl groups excluding tert-OH is 1. The summed E-state index contributed by atoms with van der Waals surface area (Å²) in [6.07, 6.45) is 2.88. The highest BCUT2D eigenvalue weighted by molar-refractivity contribution is 6.24. The molecule has 0 unspecified atom stereocenters. The predicted octanol–water partition coefficient (Wildman–Crippen LogP) is 4.17. The van der Waals surface area contributed by atoms with Crippen LogP contribution in [0.2, 0.25) is 0 Å². The van der Waals surface area contributed by atoms with E-state index in [0.29, 0.717) is 18.4 Å². The van der Waals surface area contributed by atoms with Gasteiger partial charge in [-0.3, -0.25) is 9.59 Å². The second kappa shape index (κ2) is 7.27. The van der Waals surface area contributed by atoms with Gasteiger partial charge in [-0.05, 0) is 47.5 Å². The number of ketones is 2. The van der Waals surface area contributed by atoms with Gasteiger partial charge in [-0.25, -0.2) is 0 Å². The lowest BCUT2D eigenvalue weighted by atomic mass is 9.73. The molecule has 2 rings (SSSR count). The molecule has 0 aromatic rings. The second-order valence-electron chi connectivity index (χ2n) is 8.99. The molecule has 2 N–H and O–H groups in total. The van der Waals surface area contributed by atoms with Crippen molar-refractivity contribution in [2.75, 3.05) is 0 Å². The fourth-order valence-electron chi connectivity index (χ4n) is 3.52. The Morgan fingerprint density at radius 3 is 2.48 bits per heavy atom. The molecule has 5 heteroatoms. The van der Waals surface area contributed by atoms with E-state index in [9.17, 15) is 19.8 Å². The number of aliphatic hydroxyl groups is 2. The first-order chi connectivity index (χ1) is 12.3. The monoisotopic (exact) mass is 376 g/mol. The number of carbonyl (C=O) groups excluding carboxylic acids is 2. The van der Waals surface area contributed by atoms with Gasteiger partial charge in [0.25, 0.3) is 0 Å². The van der Waals surface area contributed by atoms with Gasteiger partial charge in [0.15, 0.2) is 11.6 Å². The number of carbonyl (C=O) groups is 2. The number of rotatable bonds is 6. The highest BCUT2D eigenvalue weighted by Gasteiger charge is 2.51. The Morgan fingerprint density at radius 1 is 1.37 bits per heavy atom. The molecule has 1 saturated heterocycles. The van der Waals surface area contributed by atoms with Crippen molar-refractivity contribution in [2.45, 2.75) is 79.4 Å². The van der Waals surface area contributed by atoms with E-state index in [-0.39, 0.29) is 35.2 Å². The van der Waals surface area contributed by atoms with E-state index in [1.54, 1.807) is 34.6 Å². The van der Waals surface area contributed by atoms with Gasteiger partial charge < -0.3 is 14.9 Å². The number of Topliss-reactive ketones (excluding diaryl/α,β-unsaturated/α-hetero) is 2. The van der Waals surface area contributed by atoms with Crippen molar-refractivity contribution < 1.29 is 24.5 Å². The molecule has 0 amide bonds. The number of fused-ring (bicyclic) bond motifs is 1. The maximum absolute atomic E-state index is 12.9. The number of hydrogen-bond donors (Lipinski definition) is 2. The van der Waals surface area contributed by atoms with E-state index in [4.69, 9.17) is 4.74 Å². The van der Waals surface area contributed by atoms with Crippen LogP contribution in [0, 0.1) is 11.3 Å². The molecule has 5 nitrogen and oxygen atoms in total. The minimum Gasteiger partial charge on any atom is -0.511 e. The van der Waals surface area contributed by atoms with E-state index in [1.165, 1.54) is 5.57 Å². The average Bonchev–Trinajstić information content (AvgIpc) is 2.98. The Kier molecular flexibility index (Phi) is 5.77. The van der Waals surface area contributed by atoms with Crippen molar-refractivity contribution in [3.8, 4) is 0 Å². The zero-order valence-electron chi connectivity index (χ0n) is 17.5. The Hall–Kier alpha value is -1.88. The van der Waals surface area contributed by atoms with E-state index in [0.717, 1.165) is 0 Å². The van der Waals surface area contributed by atoms with Gasteiger partial charge in [-0.2, -0.15) is 0 Å². The molecule has 1 aliphatic heterocycles. The molecule has 0 radical (unpaired) electrons. The molecule has 0 spiro atoms. The molecule has 0 saturated carbocycles. The lowest BCUT2D eigenvalue weighted by Gasteiger charge is -2.30. The maximum Gasteiger partial charge on any atom is 0.183 e. The number of hydrogen-bond acceptors (Lipinski definition) is 5. The van der Waals surface area contributed by atoms with E-state index >= 15 is 0 Å². The van der Waals surface area contributed by atoms with Crippen molar-refractivity contribution in [3.05, 3.63) is 34.3 Å². The summed E-state index contributed by atoms with van der Waals surface area (Å²) in [5.74, 6) is -0.997. The second-order valence-corrected chi connectivity index (χ2v) is 8.99. The van der Waals surface area contributed by atoms with Gasteiger partial charge in [0.1, 0.15) is 23.2 Å². The third-order valence-electron chi connectivity index (χ3n) is 5.49. The van der Waals surface area contributed by atoms with Crippen LogP contribution in [0.15, 0.2) is 34.3 Å². The smallest absolute Gasteiger partial charge is 0.183 e. The molecular formula is C22H32O5. The SMILES string of the molecule is CC(C)=CCC[C@@](C)(O)[C@@H]1CC2=C(O)C(C)(C)C(=O)C(C(=O)C(C)C)=C2O1. The third-order valence-corrected chi connectivity index (χ3v) is 5.49. The molecule has 1 aliphatic carbocycles. The van der Waals surface area contributed by atoms with Crippen molar-refractivity contribution in [3.63, 3.8) is 0 Å². The summed E-state index contributed by atoms with van der Waals surface area (Å²) in [5, 5.41) is 21.6. The Bertz CT molecular complexity index is 743. The zero-order chi connectivity index (χ0) is 20.7. The van der Waals surface area contributed by atoms with Crippen molar-refractivity contribution in [1.82, 2.24) is 0 Å². The predicted molar refractivity (Wildman–Crippen MR) is 104 cm³/mol. The summed E-state index contributed by atoms with van der Waals surface area (Å²) in [4.78, 5) is 25.6. The van der Waals surface area contributed by atoms with Crippen LogP contribution in [0.5, 0.6) is 0 Å². The van der Waals surface area contributed by atoms with Crippen molar-refractivity contribution >= 4 is 11.6 Å². The minimum atomic E-state index is -1.18. The fourth-order valence-corrected chi connectivity index (χ4v) is 3.52. The van der Waals surface area contributed by atoms with Crippen LogP contribution < -0.4 is 0 Å². The first-order valence-electron chi connectivity index (χ1n) is 9.59. The van der Waals surface area contributed by atoms with Crippen LogP contribution >= 0.6 is 0 Å². The average molecular weight is 376 g/mol. The van der Waals surface area contributed by atoms with Crippen LogP contribution in [-0.2, 0) is 14.3 Å². The van der Waals surface area contributed by atoms with Crippen LogP contribution in [0.1, 0.15) is 67.7 Å². The fraction of sp³-hybridized carbons (Fsp3) is 0.636. The van der Waals surface area contributed by atoms with Crippen LogP contribution in [-0.4, -0.2) is 33.5 Å². The minimum absolute atomic E-state index is 0.0189. The van der Waals surface area contributed by atoms with Gasteiger partial charge >= 0.3 is 0 Å². The molecule has 2 aliphatic rings. The molecule has 0 aromatic carbocycles. The summed E-state index contributed by atoms with van der Waals surface area (Å²) in [6.45, 7) is 12.4. The topological polar surface area (TPSA) is 83.8 Å². The quantitative estimate of drug-likeness (QED) is 0.537.